The maximum atomic E-state index is 5.38. The van der Waals surface area contributed by atoms with Crippen molar-refractivity contribution in [1.29, 1.82) is 0 Å². The van der Waals surface area contributed by atoms with E-state index in [4.69, 9.17) is 4.74 Å². The summed E-state index contributed by atoms with van der Waals surface area (Å²) < 4.78 is 6.45. The number of hydrogen-bond acceptors (Lipinski definition) is 2. The Kier molecular flexibility index (Phi) is 4.86. The van der Waals surface area contributed by atoms with Crippen molar-refractivity contribution in [3.8, 4) is 5.75 Å². The smallest absolute Gasteiger partial charge is 0.123 e. The topological polar surface area (TPSA) is 21.3 Å². The fourth-order valence-electron chi connectivity index (χ4n) is 2.08. The van der Waals surface area contributed by atoms with Gasteiger partial charge in [-0.2, -0.15) is 0 Å². The third-order valence-electron chi connectivity index (χ3n) is 3.11. The number of aryl methyl sites for hydroxylation is 1. The van der Waals surface area contributed by atoms with Gasteiger partial charge in [0, 0.05) is 22.3 Å². The molecule has 19 heavy (non-hydrogen) atoms. The minimum Gasteiger partial charge on any atom is -0.496 e. The van der Waals surface area contributed by atoms with Crippen LogP contribution in [0, 0.1) is 0 Å². The van der Waals surface area contributed by atoms with Crippen LogP contribution in [-0.2, 0) is 13.0 Å². The quantitative estimate of drug-likeness (QED) is 0.867. The highest BCUT2D eigenvalue weighted by Gasteiger charge is 2.05. The zero-order valence-corrected chi connectivity index (χ0v) is 12.8. The normalized spacial score (nSPS) is 10.3. The molecule has 1 N–H and O–H groups in total. The molecule has 0 unspecified atom stereocenters. The van der Waals surface area contributed by atoms with Crippen molar-refractivity contribution in [2.45, 2.75) is 19.9 Å². The monoisotopic (exact) mass is 319 g/mol. The Balaban J connectivity index is 2.16. The summed E-state index contributed by atoms with van der Waals surface area (Å²) in [6.07, 6.45) is 1.03. The van der Waals surface area contributed by atoms with Crippen molar-refractivity contribution in [1.82, 2.24) is 0 Å². The van der Waals surface area contributed by atoms with Gasteiger partial charge in [0.05, 0.1) is 7.11 Å². The lowest BCUT2D eigenvalue weighted by Gasteiger charge is -2.13. The van der Waals surface area contributed by atoms with Crippen LogP contribution in [0.1, 0.15) is 18.1 Å². The van der Waals surface area contributed by atoms with Crippen LogP contribution < -0.4 is 10.1 Å². The van der Waals surface area contributed by atoms with Crippen LogP contribution in [0.3, 0.4) is 0 Å². The van der Waals surface area contributed by atoms with E-state index in [2.05, 4.69) is 58.5 Å². The van der Waals surface area contributed by atoms with Gasteiger partial charge in [-0.25, -0.2) is 0 Å². The maximum absolute atomic E-state index is 5.38. The molecule has 0 saturated carbocycles. The van der Waals surface area contributed by atoms with Gasteiger partial charge in [-0.15, -0.1) is 0 Å². The molecule has 0 aliphatic heterocycles. The molecule has 0 radical (unpaired) electrons. The van der Waals surface area contributed by atoms with Gasteiger partial charge in [-0.3, -0.25) is 0 Å². The Labute approximate surface area is 122 Å². The second kappa shape index (κ2) is 6.62. The van der Waals surface area contributed by atoms with Gasteiger partial charge >= 0.3 is 0 Å². The van der Waals surface area contributed by atoms with Crippen molar-refractivity contribution in [2.75, 3.05) is 12.4 Å². The molecule has 2 aromatic carbocycles. The molecule has 2 nitrogen and oxygen atoms in total. The van der Waals surface area contributed by atoms with Gasteiger partial charge in [0.25, 0.3) is 0 Å². The van der Waals surface area contributed by atoms with Crippen LogP contribution in [0.15, 0.2) is 46.9 Å². The number of rotatable bonds is 5. The molecule has 0 amide bonds. The summed E-state index contributed by atoms with van der Waals surface area (Å²) in [5, 5.41) is 3.48. The summed E-state index contributed by atoms with van der Waals surface area (Å²) >= 11 is 3.50. The minimum atomic E-state index is 0.750. The zero-order valence-electron chi connectivity index (χ0n) is 11.2. The fourth-order valence-corrected chi connectivity index (χ4v) is 2.49. The summed E-state index contributed by atoms with van der Waals surface area (Å²) in [4.78, 5) is 0. The van der Waals surface area contributed by atoms with Crippen LogP contribution in [-0.4, -0.2) is 7.11 Å². The fraction of sp³-hybridized carbons (Fsp3) is 0.250. The molecule has 0 atom stereocenters. The maximum Gasteiger partial charge on any atom is 0.123 e. The lowest BCUT2D eigenvalue weighted by atomic mass is 10.1. The first kappa shape index (κ1) is 13.9. The predicted octanol–water partition coefficient (Wildman–Crippen LogP) is 4.63. The number of hydrogen-bond donors (Lipinski definition) is 1. The Morgan fingerprint density at radius 1 is 1.11 bits per heavy atom. The molecule has 0 fully saturated rings. The molecule has 0 aromatic heterocycles. The highest BCUT2D eigenvalue weighted by Crippen LogP contribution is 2.24. The Morgan fingerprint density at radius 2 is 1.89 bits per heavy atom. The Bertz CT molecular complexity index is 554. The van der Waals surface area contributed by atoms with Crippen molar-refractivity contribution in [3.63, 3.8) is 0 Å². The van der Waals surface area contributed by atoms with Crippen LogP contribution in [0.5, 0.6) is 5.75 Å². The molecule has 0 bridgehead atoms. The van der Waals surface area contributed by atoms with Gasteiger partial charge < -0.3 is 10.1 Å². The molecule has 0 heterocycles. The number of ether oxygens (including phenoxy) is 1. The van der Waals surface area contributed by atoms with Crippen molar-refractivity contribution < 1.29 is 4.74 Å². The number of anilines is 1. The summed E-state index contributed by atoms with van der Waals surface area (Å²) in [7, 11) is 1.70. The molecule has 3 heteroatoms. The van der Waals surface area contributed by atoms with Gasteiger partial charge in [0.1, 0.15) is 5.75 Å². The van der Waals surface area contributed by atoms with Crippen LogP contribution in [0.4, 0.5) is 5.69 Å². The first-order valence-corrected chi connectivity index (χ1v) is 7.18. The van der Waals surface area contributed by atoms with E-state index in [0.29, 0.717) is 0 Å². The average Bonchev–Trinajstić information content (AvgIpc) is 2.45. The van der Waals surface area contributed by atoms with E-state index in [1.54, 1.807) is 7.11 Å². The average molecular weight is 320 g/mol. The molecular formula is C16H18BrNO. The molecule has 2 aromatic rings. The lowest BCUT2D eigenvalue weighted by molar-refractivity contribution is 0.410. The lowest BCUT2D eigenvalue weighted by Crippen LogP contribution is -2.03. The van der Waals surface area contributed by atoms with E-state index in [-0.39, 0.29) is 0 Å². The van der Waals surface area contributed by atoms with E-state index < -0.39 is 0 Å². The van der Waals surface area contributed by atoms with Crippen LogP contribution in [0.2, 0.25) is 0 Å². The van der Waals surface area contributed by atoms with E-state index in [1.165, 1.54) is 11.3 Å². The summed E-state index contributed by atoms with van der Waals surface area (Å²) in [5.74, 6) is 0.907. The summed E-state index contributed by atoms with van der Waals surface area (Å²) in [6.45, 7) is 2.92. The van der Waals surface area contributed by atoms with Gasteiger partial charge in [0.15, 0.2) is 0 Å². The van der Waals surface area contributed by atoms with Gasteiger partial charge in [-0.1, -0.05) is 41.1 Å². The van der Waals surface area contributed by atoms with Crippen molar-refractivity contribution in [3.05, 3.63) is 58.1 Å². The van der Waals surface area contributed by atoms with E-state index >= 15 is 0 Å². The number of halogens is 1. The second-order valence-electron chi connectivity index (χ2n) is 4.32. The largest absolute Gasteiger partial charge is 0.496 e. The van der Waals surface area contributed by atoms with Crippen molar-refractivity contribution >= 4 is 21.6 Å². The third kappa shape index (κ3) is 3.51. The van der Waals surface area contributed by atoms with Gasteiger partial charge in [-0.05, 0) is 36.2 Å². The SMILES string of the molecule is CCc1ccccc1NCc1cc(Br)ccc1OC. The molecule has 0 aliphatic carbocycles. The summed E-state index contributed by atoms with van der Waals surface area (Å²) in [6, 6.07) is 14.4. The number of nitrogens with one attached hydrogen (secondary N) is 1. The molecule has 0 spiro atoms. The van der Waals surface area contributed by atoms with Crippen LogP contribution >= 0.6 is 15.9 Å². The molecule has 100 valence electrons. The third-order valence-corrected chi connectivity index (χ3v) is 3.60. The Morgan fingerprint density at radius 3 is 2.63 bits per heavy atom. The Hall–Kier alpha value is -1.48. The van der Waals surface area contributed by atoms with E-state index in [9.17, 15) is 0 Å². The molecule has 0 aliphatic rings. The second-order valence-corrected chi connectivity index (χ2v) is 5.24. The minimum absolute atomic E-state index is 0.750. The summed E-state index contributed by atoms with van der Waals surface area (Å²) in [5.41, 5.74) is 3.66. The molecular weight excluding hydrogens is 302 g/mol. The highest BCUT2D eigenvalue weighted by molar-refractivity contribution is 9.10. The van der Waals surface area contributed by atoms with Gasteiger partial charge in [0.2, 0.25) is 0 Å². The molecule has 2 rings (SSSR count). The van der Waals surface area contributed by atoms with Crippen LogP contribution in [0.25, 0.3) is 0 Å². The molecule has 0 saturated heterocycles. The number of benzene rings is 2. The standard InChI is InChI=1S/C16H18BrNO/c1-3-12-6-4-5-7-15(12)18-11-13-10-14(17)8-9-16(13)19-2/h4-10,18H,3,11H2,1-2H3. The first-order valence-electron chi connectivity index (χ1n) is 6.38. The number of para-hydroxylation sites is 1. The van der Waals surface area contributed by atoms with Crippen molar-refractivity contribution in [2.24, 2.45) is 0 Å². The predicted molar refractivity (Wildman–Crippen MR) is 83.8 cm³/mol. The number of methoxy groups -OCH3 is 1. The van der Waals surface area contributed by atoms with E-state index in [0.717, 1.165) is 28.8 Å². The zero-order chi connectivity index (χ0) is 13.7. The first-order chi connectivity index (χ1) is 9.24. The van der Waals surface area contributed by atoms with E-state index in [1.807, 2.05) is 12.1 Å². The highest BCUT2D eigenvalue weighted by atomic mass is 79.9.